The summed E-state index contributed by atoms with van der Waals surface area (Å²) in [5.41, 5.74) is 0.721. The van der Waals surface area contributed by atoms with E-state index < -0.39 is 5.60 Å². The summed E-state index contributed by atoms with van der Waals surface area (Å²) in [7, 11) is 0. The third-order valence-electron chi connectivity index (χ3n) is 3.51. The van der Waals surface area contributed by atoms with Crippen molar-refractivity contribution in [3.05, 3.63) is 30.1 Å². The van der Waals surface area contributed by atoms with Gasteiger partial charge >= 0.3 is 0 Å². The predicted molar refractivity (Wildman–Crippen MR) is 77.1 cm³/mol. The molecular formula is C15H25N3O. The second-order valence-electron chi connectivity index (χ2n) is 6.04. The lowest BCUT2D eigenvalue weighted by atomic mass is 10.1. The van der Waals surface area contributed by atoms with Crippen molar-refractivity contribution in [1.82, 2.24) is 14.8 Å². The van der Waals surface area contributed by atoms with Crippen molar-refractivity contribution in [1.29, 1.82) is 0 Å². The topological polar surface area (TPSA) is 39.6 Å². The first kappa shape index (κ1) is 14.4. The van der Waals surface area contributed by atoms with Crippen molar-refractivity contribution in [2.24, 2.45) is 0 Å². The van der Waals surface area contributed by atoms with Crippen LogP contribution in [0.1, 0.15) is 19.4 Å². The van der Waals surface area contributed by atoms with Gasteiger partial charge in [-0.05, 0) is 31.9 Å². The molecule has 1 aliphatic heterocycles. The largest absolute Gasteiger partial charge is 0.389 e. The molecule has 4 heteroatoms. The summed E-state index contributed by atoms with van der Waals surface area (Å²) in [5.74, 6) is 0. The maximum absolute atomic E-state index is 9.83. The molecule has 1 fully saturated rings. The minimum Gasteiger partial charge on any atom is -0.389 e. The van der Waals surface area contributed by atoms with Crippen molar-refractivity contribution < 1.29 is 5.11 Å². The van der Waals surface area contributed by atoms with Gasteiger partial charge in [-0.3, -0.25) is 9.88 Å². The zero-order chi connectivity index (χ0) is 13.7. The molecule has 1 aliphatic rings. The number of rotatable bonds is 5. The van der Waals surface area contributed by atoms with Gasteiger partial charge in [-0.2, -0.15) is 0 Å². The number of aliphatic hydroxyl groups is 1. The Morgan fingerprint density at radius 3 is 2.47 bits per heavy atom. The van der Waals surface area contributed by atoms with Gasteiger partial charge in [-0.15, -0.1) is 0 Å². The predicted octanol–water partition coefficient (Wildman–Crippen LogP) is 1.01. The van der Waals surface area contributed by atoms with Crippen LogP contribution in [0, 0.1) is 0 Å². The molecule has 0 saturated carbocycles. The second kappa shape index (κ2) is 6.46. The number of pyridine rings is 1. The first-order valence-corrected chi connectivity index (χ1v) is 7.09. The highest BCUT2D eigenvalue weighted by Gasteiger charge is 2.22. The molecule has 4 nitrogen and oxygen atoms in total. The number of aromatic nitrogens is 1. The fourth-order valence-electron chi connectivity index (χ4n) is 2.55. The van der Waals surface area contributed by atoms with Gasteiger partial charge in [0.25, 0.3) is 0 Å². The summed E-state index contributed by atoms with van der Waals surface area (Å²) >= 11 is 0. The van der Waals surface area contributed by atoms with Crippen molar-refractivity contribution in [2.45, 2.75) is 25.9 Å². The molecule has 2 rings (SSSR count). The van der Waals surface area contributed by atoms with E-state index >= 15 is 0 Å². The van der Waals surface area contributed by atoms with Crippen LogP contribution in [0.4, 0.5) is 0 Å². The van der Waals surface area contributed by atoms with Gasteiger partial charge in [0.1, 0.15) is 0 Å². The number of hydrogen-bond donors (Lipinski definition) is 1. The molecule has 0 radical (unpaired) electrons. The number of β-amino-alcohol motifs (C(OH)–C–C–N with tert-alkyl or cyclic N) is 1. The third-order valence-corrected chi connectivity index (χ3v) is 3.51. The minimum atomic E-state index is -0.585. The molecule has 2 heterocycles. The van der Waals surface area contributed by atoms with E-state index in [-0.39, 0.29) is 0 Å². The van der Waals surface area contributed by atoms with Gasteiger partial charge in [0.15, 0.2) is 0 Å². The van der Waals surface area contributed by atoms with Gasteiger partial charge < -0.3 is 10.0 Å². The third kappa shape index (κ3) is 5.27. The summed E-state index contributed by atoms with van der Waals surface area (Å²) in [6.45, 7) is 9.91. The Hall–Kier alpha value is -0.970. The second-order valence-corrected chi connectivity index (χ2v) is 6.04. The molecule has 1 aromatic rings. The van der Waals surface area contributed by atoms with Crippen LogP contribution in [-0.2, 0) is 6.42 Å². The van der Waals surface area contributed by atoms with Gasteiger partial charge in [-0.25, -0.2) is 0 Å². The number of hydrogen-bond acceptors (Lipinski definition) is 4. The first-order valence-electron chi connectivity index (χ1n) is 7.09. The summed E-state index contributed by atoms with van der Waals surface area (Å²) < 4.78 is 0. The minimum absolute atomic E-state index is 0.585. The highest BCUT2D eigenvalue weighted by atomic mass is 16.3. The summed E-state index contributed by atoms with van der Waals surface area (Å²) in [6.07, 6.45) is 4.84. The summed E-state index contributed by atoms with van der Waals surface area (Å²) in [5, 5.41) is 9.83. The van der Waals surface area contributed by atoms with Crippen LogP contribution in [0.5, 0.6) is 0 Å². The van der Waals surface area contributed by atoms with Crippen LogP contribution in [0.15, 0.2) is 24.5 Å². The molecule has 0 aromatic carbocycles. The maximum Gasteiger partial charge on any atom is 0.0718 e. The fraction of sp³-hybridized carbons (Fsp3) is 0.667. The Bertz CT molecular complexity index is 367. The SMILES string of the molecule is CC(C)(O)CN1CCN(CCc2cccnc2)CC1. The smallest absolute Gasteiger partial charge is 0.0718 e. The lowest BCUT2D eigenvalue weighted by Gasteiger charge is -2.37. The molecule has 19 heavy (non-hydrogen) atoms. The summed E-state index contributed by atoms with van der Waals surface area (Å²) in [4.78, 5) is 8.99. The molecule has 106 valence electrons. The number of piperazine rings is 1. The zero-order valence-electron chi connectivity index (χ0n) is 12.0. The Morgan fingerprint density at radius 2 is 1.89 bits per heavy atom. The van der Waals surface area contributed by atoms with E-state index in [0.717, 1.165) is 45.7 Å². The van der Waals surface area contributed by atoms with Crippen LogP contribution < -0.4 is 0 Å². The standard InChI is InChI=1S/C15H25N3O/c1-15(2,19)13-18-10-8-17(9-11-18)7-5-14-4-3-6-16-12-14/h3-4,6,12,19H,5,7-11,13H2,1-2H3. The lowest BCUT2D eigenvalue weighted by Crippen LogP contribution is -2.50. The van der Waals surface area contributed by atoms with E-state index in [1.54, 1.807) is 0 Å². The highest BCUT2D eigenvalue weighted by molar-refractivity contribution is 5.08. The average molecular weight is 263 g/mol. The molecule has 0 aliphatic carbocycles. The van der Waals surface area contributed by atoms with E-state index in [0.29, 0.717) is 0 Å². The number of nitrogens with zero attached hydrogens (tertiary/aromatic N) is 3. The Labute approximate surface area is 116 Å². The van der Waals surface area contributed by atoms with Crippen molar-refractivity contribution in [3.63, 3.8) is 0 Å². The van der Waals surface area contributed by atoms with Gasteiger partial charge in [0, 0.05) is 51.7 Å². The van der Waals surface area contributed by atoms with Gasteiger partial charge in [0.2, 0.25) is 0 Å². The Morgan fingerprint density at radius 1 is 1.21 bits per heavy atom. The van der Waals surface area contributed by atoms with Gasteiger partial charge in [-0.1, -0.05) is 6.07 Å². The van der Waals surface area contributed by atoms with Gasteiger partial charge in [0.05, 0.1) is 5.60 Å². The molecule has 0 unspecified atom stereocenters. The highest BCUT2D eigenvalue weighted by Crippen LogP contribution is 2.09. The van der Waals surface area contributed by atoms with Crippen LogP contribution in [-0.4, -0.2) is 64.8 Å². The first-order chi connectivity index (χ1) is 9.03. The van der Waals surface area contributed by atoms with Crippen LogP contribution >= 0.6 is 0 Å². The van der Waals surface area contributed by atoms with Crippen molar-refractivity contribution in [3.8, 4) is 0 Å². The maximum atomic E-state index is 9.83. The van der Waals surface area contributed by atoms with Crippen LogP contribution in [0.3, 0.4) is 0 Å². The Kier molecular flexibility index (Phi) is 4.91. The normalized spacial score (nSPS) is 18.7. The summed E-state index contributed by atoms with van der Waals surface area (Å²) in [6, 6.07) is 4.13. The lowest BCUT2D eigenvalue weighted by molar-refractivity contribution is 0.0180. The van der Waals surface area contributed by atoms with E-state index in [9.17, 15) is 5.11 Å². The molecule has 1 N–H and O–H groups in total. The molecular weight excluding hydrogens is 238 g/mol. The molecule has 0 bridgehead atoms. The quantitative estimate of drug-likeness (QED) is 0.861. The fourth-order valence-corrected chi connectivity index (χ4v) is 2.55. The average Bonchev–Trinajstić information content (AvgIpc) is 2.37. The van der Waals surface area contributed by atoms with E-state index in [4.69, 9.17) is 0 Å². The molecule has 0 atom stereocenters. The molecule has 1 saturated heterocycles. The van der Waals surface area contributed by atoms with Crippen LogP contribution in [0.2, 0.25) is 0 Å². The monoisotopic (exact) mass is 263 g/mol. The van der Waals surface area contributed by atoms with E-state index in [2.05, 4.69) is 20.9 Å². The molecule has 1 aromatic heterocycles. The van der Waals surface area contributed by atoms with E-state index in [1.165, 1.54) is 5.56 Å². The van der Waals surface area contributed by atoms with Crippen molar-refractivity contribution in [2.75, 3.05) is 39.3 Å². The molecule has 0 amide bonds. The van der Waals surface area contributed by atoms with Crippen LogP contribution in [0.25, 0.3) is 0 Å². The Balaban J connectivity index is 1.69. The van der Waals surface area contributed by atoms with Crippen molar-refractivity contribution >= 4 is 0 Å². The zero-order valence-corrected chi connectivity index (χ0v) is 12.0. The van der Waals surface area contributed by atoms with E-state index in [1.807, 2.05) is 32.3 Å². The molecule has 0 spiro atoms.